The van der Waals surface area contributed by atoms with Gasteiger partial charge in [0.05, 0.1) is 0 Å². The third-order valence-corrected chi connectivity index (χ3v) is 4.56. The molecule has 0 saturated carbocycles. The average Bonchev–Trinajstić information content (AvgIpc) is 2.57. The number of hydrogen-bond acceptors (Lipinski definition) is 5. The van der Waals surface area contributed by atoms with Crippen LogP contribution < -0.4 is 15.1 Å². The van der Waals surface area contributed by atoms with Crippen LogP contribution in [0.5, 0.6) is 0 Å². The van der Waals surface area contributed by atoms with Crippen molar-refractivity contribution < 1.29 is 0 Å². The van der Waals surface area contributed by atoms with Crippen LogP contribution in [0.25, 0.3) is 0 Å². The minimum atomic E-state index is 0.369. The zero-order valence-electron chi connectivity index (χ0n) is 15.1. The van der Waals surface area contributed by atoms with Crippen molar-refractivity contribution >= 4 is 17.5 Å². The van der Waals surface area contributed by atoms with E-state index in [1.54, 1.807) is 0 Å². The van der Waals surface area contributed by atoms with E-state index in [2.05, 4.69) is 71.0 Å². The lowest BCUT2D eigenvalue weighted by molar-refractivity contribution is 0.639. The molecule has 1 aromatic heterocycles. The standard InChI is InChI=1S/C19H27N5/c1-14(2)21-18-8-9-20-19(22-18)24-12-10-23(11-13-24)17-7-5-6-15(3)16(17)4/h5-9,14H,10-13H2,1-4H3,(H,20,21,22). The summed E-state index contributed by atoms with van der Waals surface area (Å²) in [5.41, 5.74) is 4.09. The monoisotopic (exact) mass is 325 g/mol. The van der Waals surface area contributed by atoms with Crippen LogP contribution in [0.1, 0.15) is 25.0 Å². The first-order chi connectivity index (χ1) is 11.5. The van der Waals surface area contributed by atoms with Crippen molar-refractivity contribution in [3.63, 3.8) is 0 Å². The maximum absolute atomic E-state index is 4.65. The van der Waals surface area contributed by atoms with Gasteiger partial charge < -0.3 is 15.1 Å². The zero-order valence-corrected chi connectivity index (χ0v) is 15.1. The molecule has 1 aliphatic rings. The van der Waals surface area contributed by atoms with E-state index in [1.165, 1.54) is 16.8 Å². The Kier molecular flexibility index (Phi) is 4.88. The molecule has 1 N–H and O–H groups in total. The molecule has 2 heterocycles. The molecule has 0 aliphatic carbocycles. The summed E-state index contributed by atoms with van der Waals surface area (Å²) in [4.78, 5) is 13.8. The predicted octanol–water partition coefficient (Wildman–Crippen LogP) is 3.24. The molecule has 3 rings (SSSR count). The highest BCUT2D eigenvalue weighted by Gasteiger charge is 2.20. The van der Waals surface area contributed by atoms with Gasteiger partial charge in [0.25, 0.3) is 0 Å². The number of rotatable bonds is 4. The van der Waals surface area contributed by atoms with Crippen LogP contribution >= 0.6 is 0 Å². The highest BCUT2D eigenvalue weighted by molar-refractivity contribution is 5.57. The summed E-state index contributed by atoms with van der Waals surface area (Å²) in [6, 6.07) is 8.84. The van der Waals surface area contributed by atoms with Crippen LogP contribution in [-0.2, 0) is 0 Å². The van der Waals surface area contributed by atoms with E-state index in [4.69, 9.17) is 0 Å². The average molecular weight is 325 g/mol. The first kappa shape index (κ1) is 16.6. The topological polar surface area (TPSA) is 44.3 Å². The van der Waals surface area contributed by atoms with E-state index in [1.807, 2.05) is 12.3 Å². The van der Waals surface area contributed by atoms with E-state index in [0.29, 0.717) is 6.04 Å². The molecule has 0 spiro atoms. The second-order valence-electron chi connectivity index (χ2n) is 6.73. The maximum atomic E-state index is 4.65. The molecule has 0 unspecified atom stereocenters. The van der Waals surface area contributed by atoms with Crippen molar-refractivity contribution in [3.05, 3.63) is 41.6 Å². The Morgan fingerprint density at radius 3 is 2.42 bits per heavy atom. The molecular weight excluding hydrogens is 298 g/mol. The molecule has 0 amide bonds. The summed E-state index contributed by atoms with van der Waals surface area (Å²) in [5.74, 6) is 1.72. The fraction of sp³-hybridized carbons (Fsp3) is 0.474. The van der Waals surface area contributed by atoms with Crippen molar-refractivity contribution in [1.29, 1.82) is 0 Å². The van der Waals surface area contributed by atoms with Crippen molar-refractivity contribution in [3.8, 4) is 0 Å². The normalized spacial score (nSPS) is 15.0. The van der Waals surface area contributed by atoms with Crippen LogP contribution in [0.4, 0.5) is 17.5 Å². The largest absolute Gasteiger partial charge is 0.368 e. The van der Waals surface area contributed by atoms with Crippen LogP contribution in [0.2, 0.25) is 0 Å². The van der Waals surface area contributed by atoms with Crippen molar-refractivity contribution in [2.24, 2.45) is 0 Å². The van der Waals surface area contributed by atoms with Gasteiger partial charge >= 0.3 is 0 Å². The summed E-state index contributed by atoms with van der Waals surface area (Å²) < 4.78 is 0. The molecular formula is C19H27N5. The molecule has 5 nitrogen and oxygen atoms in total. The first-order valence-corrected chi connectivity index (χ1v) is 8.70. The summed E-state index contributed by atoms with van der Waals surface area (Å²) in [6.07, 6.45) is 1.84. The smallest absolute Gasteiger partial charge is 0.227 e. The number of aryl methyl sites for hydroxylation is 1. The number of aromatic nitrogens is 2. The van der Waals surface area contributed by atoms with Gasteiger partial charge in [0.1, 0.15) is 5.82 Å². The van der Waals surface area contributed by atoms with Gasteiger partial charge in [-0.15, -0.1) is 0 Å². The lowest BCUT2D eigenvalue weighted by Crippen LogP contribution is -2.47. The van der Waals surface area contributed by atoms with Gasteiger partial charge in [-0.3, -0.25) is 0 Å². The molecule has 1 aromatic carbocycles. The first-order valence-electron chi connectivity index (χ1n) is 8.70. The predicted molar refractivity (Wildman–Crippen MR) is 101 cm³/mol. The van der Waals surface area contributed by atoms with Gasteiger partial charge in [0, 0.05) is 44.1 Å². The van der Waals surface area contributed by atoms with Crippen LogP contribution in [0.15, 0.2) is 30.5 Å². The Balaban J connectivity index is 1.68. The number of piperazine rings is 1. The molecule has 5 heteroatoms. The molecule has 0 bridgehead atoms. The van der Waals surface area contributed by atoms with E-state index in [-0.39, 0.29) is 0 Å². The van der Waals surface area contributed by atoms with Crippen molar-refractivity contribution in [2.75, 3.05) is 41.3 Å². The maximum Gasteiger partial charge on any atom is 0.227 e. The summed E-state index contributed by atoms with van der Waals surface area (Å²) >= 11 is 0. The molecule has 0 radical (unpaired) electrons. The number of hydrogen-bond donors (Lipinski definition) is 1. The van der Waals surface area contributed by atoms with Gasteiger partial charge in [-0.2, -0.15) is 4.98 Å². The molecule has 1 fully saturated rings. The fourth-order valence-electron chi connectivity index (χ4n) is 3.10. The zero-order chi connectivity index (χ0) is 17.1. The van der Waals surface area contributed by atoms with Gasteiger partial charge in [-0.1, -0.05) is 12.1 Å². The Morgan fingerprint density at radius 2 is 1.71 bits per heavy atom. The number of anilines is 3. The second-order valence-corrected chi connectivity index (χ2v) is 6.73. The lowest BCUT2D eigenvalue weighted by Gasteiger charge is -2.37. The highest BCUT2D eigenvalue weighted by atomic mass is 15.3. The van der Waals surface area contributed by atoms with Crippen molar-refractivity contribution in [2.45, 2.75) is 33.7 Å². The SMILES string of the molecule is Cc1cccc(N2CCN(c3nccc(NC(C)C)n3)CC2)c1C. The molecule has 0 atom stereocenters. The summed E-state index contributed by atoms with van der Waals surface area (Å²) in [6.45, 7) is 12.5. The number of nitrogens with zero attached hydrogens (tertiary/aromatic N) is 4. The van der Waals surface area contributed by atoms with Gasteiger partial charge in [-0.25, -0.2) is 4.98 Å². The Bertz CT molecular complexity index is 690. The third kappa shape index (κ3) is 3.61. The number of nitrogens with one attached hydrogen (secondary N) is 1. The molecule has 128 valence electrons. The lowest BCUT2D eigenvalue weighted by atomic mass is 10.1. The third-order valence-electron chi connectivity index (χ3n) is 4.56. The molecule has 24 heavy (non-hydrogen) atoms. The minimum Gasteiger partial charge on any atom is -0.368 e. The van der Waals surface area contributed by atoms with E-state index < -0.39 is 0 Å². The Labute approximate surface area is 144 Å². The van der Waals surface area contributed by atoms with Crippen LogP contribution in [0.3, 0.4) is 0 Å². The summed E-state index contributed by atoms with van der Waals surface area (Å²) in [5, 5.41) is 3.34. The molecule has 2 aromatic rings. The highest BCUT2D eigenvalue weighted by Crippen LogP contribution is 2.24. The quantitative estimate of drug-likeness (QED) is 0.935. The number of benzene rings is 1. The molecule has 1 saturated heterocycles. The van der Waals surface area contributed by atoms with E-state index >= 15 is 0 Å². The van der Waals surface area contributed by atoms with Gasteiger partial charge in [-0.05, 0) is 51.0 Å². The van der Waals surface area contributed by atoms with E-state index in [0.717, 1.165) is 37.9 Å². The van der Waals surface area contributed by atoms with Crippen LogP contribution in [-0.4, -0.2) is 42.2 Å². The Morgan fingerprint density at radius 1 is 1.00 bits per heavy atom. The van der Waals surface area contributed by atoms with Crippen molar-refractivity contribution in [1.82, 2.24) is 9.97 Å². The van der Waals surface area contributed by atoms with Gasteiger partial charge in [0.15, 0.2) is 0 Å². The second kappa shape index (κ2) is 7.07. The minimum absolute atomic E-state index is 0.369. The van der Waals surface area contributed by atoms with E-state index in [9.17, 15) is 0 Å². The van der Waals surface area contributed by atoms with Gasteiger partial charge in [0.2, 0.25) is 5.95 Å². The van der Waals surface area contributed by atoms with Crippen LogP contribution in [0, 0.1) is 13.8 Å². The Hall–Kier alpha value is -2.30. The summed E-state index contributed by atoms with van der Waals surface area (Å²) in [7, 11) is 0. The fourth-order valence-corrected chi connectivity index (χ4v) is 3.10. The molecule has 1 aliphatic heterocycles.